The number of carbonyl (C=O) groups is 4. The van der Waals surface area contributed by atoms with Gasteiger partial charge in [-0.2, -0.15) is 0 Å². The zero-order valence-corrected chi connectivity index (χ0v) is 16.2. The molecule has 2 aliphatic carbocycles. The number of carboxylic acid groups (broad SMARTS) is 1. The number of hydrogen-bond donors (Lipinski definition) is 2. The number of aromatic nitrogens is 1. The fourth-order valence-electron chi connectivity index (χ4n) is 5.76. The normalized spacial score (nSPS) is 37.6. The Balaban J connectivity index is 1.57. The van der Waals surface area contributed by atoms with E-state index in [-0.39, 0.29) is 27.9 Å². The SMILES string of the molecule is COC(=O)[C@H]1c2sc(=O)[nH]c2S[C@H]2[C@@H]3C[C@H]([C@H]4C(=O)N(CC(=O)O)C(=O)[C@H]34)[C@@H]21. The van der Waals surface area contributed by atoms with E-state index in [0.29, 0.717) is 16.3 Å². The maximum absolute atomic E-state index is 12.9. The van der Waals surface area contributed by atoms with E-state index in [9.17, 15) is 24.0 Å². The number of carboxylic acids is 1. The molecule has 7 atom stereocenters. The average molecular weight is 424 g/mol. The Morgan fingerprint density at radius 3 is 2.54 bits per heavy atom. The van der Waals surface area contributed by atoms with Crippen LogP contribution in [0.15, 0.2) is 9.82 Å². The predicted molar refractivity (Wildman–Crippen MR) is 95.8 cm³/mol. The quantitative estimate of drug-likeness (QED) is 0.516. The molecule has 2 bridgehead atoms. The molecule has 3 heterocycles. The Bertz CT molecular complexity index is 984. The van der Waals surface area contributed by atoms with Crippen molar-refractivity contribution in [1.29, 1.82) is 0 Å². The fourth-order valence-corrected chi connectivity index (χ4v) is 8.61. The number of esters is 1. The van der Waals surface area contributed by atoms with Crippen molar-refractivity contribution >= 4 is 46.9 Å². The Kier molecular flexibility index (Phi) is 3.80. The van der Waals surface area contributed by atoms with Gasteiger partial charge in [-0.1, -0.05) is 11.3 Å². The summed E-state index contributed by atoms with van der Waals surface area (Å²) in [4.78, 5) is 65.2. The van der Waals surface area contributed by atoms with Gasteiger partial charge in [-0.15, -0.1) is 11.8 Å². The van der Waals surface area contributed by atoms with Gasteiger partial charge in [-0.3, -0.25) is 28.9 Å². The highest BCUT2D eigenvalue weighted by Crippen LogP contribution is 2.67. The highest BCUT2D eigenvalue weighted by molar-refractivity contribution is 8.00. The number of methoxy groups -OCH3 is 1. The van der Waals surface area contributed by atoms with E-state index in [1.807, 2.05) is 0 Å². The fraction of sp³-hybridized carbons (Fsp3) is 0.588. The van der Waals surface area contributed by atoms with E-state index in [4.69, 9.17) is 9.84 Å². The van der Waals surface area contributed by atoms with Crippen LogP contribution >= 0.6 is 23.1 Å². The number of hydrogen-bond acceptors (Lipinski definition) is 8. The van der Waals surface area contributed by atoms with Crippen LogP contribution in [0.4, 0.5) is 0 Å². The van der Waals surface area contributed by atoms with Crippen LogP contribution in [0.5, 0.6) is 0 Å². The summed E-state index contributed by atoms with van der Waals surface area (Å²) in [6.07, 6.45) is 0.642. The van der Waals surface area contributed by atoms with Gasteiger partial charge in [0.1, 0.15) is 6.54 Å². The topological polar surface area (TPSA) is 134 Å². The summed E-state index contributed by atoms with van der Waals surface area (Å²) in [7, 11) is 1.29. The molecule has 9 nitrogen and oxygen atoms in total. The van der Waals surface area contributed by atoms with E-state index in [1.54, 1.807) is 0 Å². The first-order chi connectivity index (χ1) is 13.3. The number of amides is 2. The van der Waals surface area contributed by atoms with Crippen LogP contribution in [-0.4, -0.2) is 57.6 Å². The molecule has 5 rings (SSSR count). The Morgan fingerprint density at radius 2 is 1.89 bits per heavy atom. The minimum absolute atomic E-state index is 0.102. The third kappa shape index (κ3) is 2.17. The number of aromatic amines is 1. The van der Waals surface area contributed by atoms with E-state index < -0.39 is 48.1 Å². The molecule has 0 aromatic carbocycles. The number of thioether (sulfide) groups is 1. The second-order valence-corrected chi connectivity index (χ2v) is 9.84. The molecule has 11 heteroatoms. The monoisotopic (exact) mass is 424 g/mol. The molecule has 2 N–H and O–H groups in total. The highest BCUT2D eigenvalue weighted by Gasteiger charge is 2.70. The average Bonchev–Trinajstić information content (AvgIpc) is 3.36. The lowest BCUT2D eigenvalue weighted by Crippen LogP contribution is -2.44. The van der Waals surface area contributed by atoms with Crippen molar-refractivity contribution < 1.29 is 29.0 Å². The molecular weight excluding hydrogens is 408 g/mol. The molecule has 2 saturated carbocycles. The number of aliphatic carboxylic acids is 1. The third-order valence-corrected chi connectivity index (χ3v) is 9.15. The minimum Gasteiger partial charge on any atom is -0.480 e. The molecule has 2 aliphatic heterocycles. The molecule has 1 saturated heterocycles. The maximum atomic E-state index is 12.9. The highest BCUT2D eigenvalue weighted by atomic mass is 32.2. The lowest BCUT2D eigenvalue weighted by atomic mass is 9.69. The molecule has 28 heavy (non-hydrogen) atoms. The Morgan fingerprint density at radius 1 is 1.21 bits per heavy atom. The lowest BCUT2D eigenvalue weighted by Gasteiger charge is -2.41. The van der Waals surface area contributed by atoms with Gasteiger partial charge in [0.2, 0.25) is 11.8 Å². The van der Waals surface area contributed by atoms with E-state index >= 15 is 0 Å². The minimum atomic E-state index is -1.23. The van der Waals surface area contributed by atoms with Crippen LogP contribution in [0.1, 0.15) is 17.2 Å². The number of H-pyrrole nitrogens is 1. The smallest absolute Gasteiger partial charge is 0.323 e. The number of rotatable bonds is 3. The number of ether oxygens (including phenoxy) is 1. The summed E-state index contributed by atoms with van der Waals surface area (Å²) in [6, 6.07) is 0. The van der Waals surface area contributed by atoms with Crippen LogP contribution in [0.25, 0.3) is 0 Å². The zero-order chi connectivity index (χ0) is 19.9. The second kappa shape index (κ2) is 5.93. The van der Waals surface area contributed by atoms with Crippen molar-refractivity contribution in [2.75, 3.05) is 13.7 Å². The molecule has 0 unspecified atom stereocenters. The molecular formula is C17H16N2O7S2. The molecule has 0 radical (unpaired) electrons. The van der Waals surface area contributed by atoms with Crippen molar-refractivity contribution in [2.45, 2.75) is 22.6 Å². The first-order valence-corrected chi connectivity index (χ1v) is 10.6. The first-order valence-electron chi connectivity index (χ1n) is 8.88. The molecule has 4 aliphatic rings. The summed E-state index contributed by atoms with van der Waals surface area (Å²) in [5.41, 5.74) is 0. The van der Waals surface area contributed by atoms with Crippen LogP contribution < -0.4 is 4.87 Å². The molecule has 3 fully saturated rings. The number of nitrogens with one attached hydrogen (secondary N) is 1. The van der Waals surface area contributed by atoms with Gasteiger partial charge in [0.05, 0.1) is 34.8 Å². The van der Waals surface area contributed by atoms with Gasteiger partial charge in [-0.25, -0.2) is 0 Å². The van der Waals surface area contributed by atoms with Crippen molar-refractivity contribution in [3.05, 3.63) is 14.5 Å². The lowest BCUT2D eigenvalue weighted by molar-refractivity contribution is -0.150. The summed E-state index contributed by atoms with van der Waals surface area (Å²) < 4.78 is 5.01. The van der Waals surface area contributed by atoms with Crippen LogP contribution in [-0.2, 0) is 23.9 Å². The van der Waals surface area contributed by atoms with Gasteiger partial charge in [0.25, 0.3) is 0 Å². The Hall–Kier alpha value is -2.14. The summed E-state index contributed by atoms with van der Waals surface area (Å²) in [6.45, 7) is -0.631. The van der Waals surface area contributed by atoms with Gasteiger partial charge in [0.15, 0.2) is 0 Å². The maximum Gasteiger partial charge on any atom is 0.323 e. The van der Waals surface area contributed by atoms with Crippen molar-refractivity contribution in [1.82, 2.24) is 9.88 Å². The Labute approximate surface area is 166 Å². The standard InChI is InChI=1S/C17H16N2O7S2/c1-26-16(24)10-7-4-2-5(11(7)27-13-12(10)28-17(25)18-13)9-8(4)14(22)19(15(9)23)3-6(20)21/h4-5,7-11H,2-3H2,1H3,(H,18,25)(H,20,21)/t4-,5+,7+,8+,9+,10+,11-/m0/s1. The largest absolute Gasteiger partial charge is 0.480 e. The molecule has 148 valence electrons. The molecule has 1 aromatic heterocycles. The zero-order valence-electron chi connectivity index (χ0n) is 14.6. The number of likely N-dealkylation sites (tertiary alicyclic amines) is 1. The first kappa shape index (κ1) is 17.9. The van der Waals surface area contributed by atoms with Crippen LogP contribution in [0, 0.1) is 29.6 Å². The summed E-state index contributed by atoms with van der Waals surface area (Å²) in [5.74, 6) is -4.91. The molecule has 0 spiro atoms. The van der Waals surface area contributed by atoms with Crippen LogP contribution in [0.2, 0.25) is 0 Å². The van der Waals surface area contributed by atoms with Gasteiger partial charge >= 0.3 is 16.8 Å². The summed E-state index contributed by atoms with van der Waals surface area (Å²) in [5, 5.41) is 9.58. The van der Waals surface area contributed by atoms with E-state index in [2.05, 4.69) is 4.98 Å². The van der Waals surface area contributed by atoms with Gasteiger partial charge in [0, 0.05) is 5.25 Å². The van der Waals surface area contributed by atoms with Gasteiger partial charge < -0.3 is 14.8 Å². The van der Waals surface area contributed by atoms with Gasteiger partial charge in [-0.05, 0) is 24.2 Å². The number of thiazole rings is 1. The van der Waals surface area contributed by atoms with Crippen molar-refractivity contribution in [2.24, 2.45) is 29.6 Å². The second-order valence-electron chi connectivity index (χ2n) is 7.64. The number of carbonyl (C=O) groups excluding carboxylic acids is 3. The predicted octanol–water partition coefficient (Wildman–Crippen LogP) is 0.119. The number of fused-ring (bicyclic) bond motifs is 9. The number of imide groups is 1. The third-order valence-electron chi connectivity index (χ3n) is 6.56. The summed E-state index contributed by atoms with van der Waals surface area (Å²) >= 11 is 2.44. The molecule has 1 aromatic rings. The van der Waals surface area contributed by atoms with E-state index in [0.717, 1.165) is 16.2 Å². The van der Waals surface area contributed by atoms with Crippen molar-refractivity contribution in [3.8, 4) is 0 Å². The van der Waals surface area contributed by atoms with E-state index in [1.165, 1.54) is 18.9 Å². The van der Waals surface area contributed by atoms with Crippen LogP contribution in [0.3, 0.4) is 0 Å². The van der Waals surface area contributed by atoms with Crippen molar-refractivity contribution in [3.63, 3.8) is 0 Å². The molecule has 2 amide bonds. The number of nitrogens with zero attached hydrogens (tertiary/aromatic N) is 1.